The Morgan fingerprint density at radius 1 is 1.43 bits per heavy atom. The number of hydrogen-bond acceptors (Lipinski definition) is 2. The first kappa shape index (κ1) is 9.96. The van der Waals surface area contributed by atoms with Gasteiger partial charge in [0.05, 0.1) is 6.54 Å². The molecule has 0 radical (unpaired) electrons. The molecule has 0 saturated heterocycles. The fourth-order valence-corrected chi connectivity index (χ4v) is 2.80. The van der Waals surface area contributed by atoms with Crippen molar-refractivity contribution in [3.63, 3.8) is 0 Å². The second-order valence-corrected chi connectivity index (χ2v) is 4.94. The Kier molecular flexibility index (Phi) is 3.05. The molecule has 0 unspecified atom stereocenters. The van der Waals surface area contributed by atoms with E-state index in [4.69, 9.17) is 5.73 Å². The van der Waals surface area contributed by atoms with Crippen molar-refractivity contribution in [2.75, 3.05) is 0 Å². The number of nitrogens with zero attached hydrogens (tertiary/aromatic N) is 1. The van der Waals surface area contributed by atoms with Gasteiger partial charge in [-0.05, 0) is 39.0 Å². The summed E-state index contributed by atoms with van der Waals surface area (Å²) < 4.78 is 3.34. The third-order valence-corrected chi connectivity index (χ3v) is 3.98. The van der Waals surface area contributed by atoms with Crippen LogP contribution in [-0.4, -0.2) is 4.57 Å². The molecule has 2 heterocycles. The number of aromatic nitrogens is 1. The Hall–Kier alpha value is -0.580. The number of nitrogens with two attached hydrogens (primary N) is 1. The quantitative estimate of drug-likeness (QED) is 0.914. The largest absolute Gasteiger partial charge is 0.349 e. The summed E-state index contributed by atoms with van der Waals surface area (Å²) >= 11 is 5.28. The molecular weight excluding hydrogens is 260 g/mol. The van der Waals surface area contributed by atoms with Gasteiger partial charge in [0, 0.05) is 28.3 Å². The van der Waals surface area contributed by atoms with E-state index in [1.54, 1.807) is 11.3 Å². The van der Waals surface area contributed by atoms with Crippen molar-refractivity contribution in [1.29, 1.82) is 0 Å². The lowest BCUT2D eigenvalue weighted by atomic mass is 10.3. The van der Waals surface area contributed by atoms with Crippen molar-refractivity contribution in [2.24, 2.45) is 5.73 Å². The van der Waals surface area contributed by atoms with Gasteiger partial charge in [-0.25, -0.2) is 0 Å². The molecule has 0 spiro atoms. The fraction of sp³-hybridized carbons (Fsp3) is 0.200. The van der Waals surface area contributed by atoms with Crippen molar-refractivity contribution in [3.8, 4) is 0 Å². The monoisotopic (exact) mass is 270 g/mol. The normalized spacial score (nSPS) is 10.7. The van der Waals surface area contributed by atoms with Gasteiger partial charge in [-0.3, -0.25) is 0 Å². The molecule has 2 aromatic heterocycles. The maximum atomic E-state index is 5.55. The first-order valence-corrected chi connectivity index (χ1v) is 6.03. The number of hydrogen-bond donors (Lipinski definition) is 1. The van der Waals surface area contributed by atoms with Crippen LogP contribution in [0.5, 0.6) is 0 Å². The lowest BCUT2D eigenvalue weighted by molar-refractivity contribution is 0.811. The van der Waals surface area contributed by atoms with Crippen LogP contribution in [0, 0.1) is 0 Å². The molecule has 2 nitrogen and oxygen atoms in total. The molecule has 0 aromatic carbocycles. The highest BCUT2D eigenvalue weighted by atomic mass is 79.9. The topological polar surface area (TPSA) is 30.9 Å². The predicted molar refractivity (Wildman–Crippen MR) is 63.4 cm³/mol. The molecule has 2 N–H and O–H groups in total. The Balaban J connectivity index is 2.15. The fourth-order valence-electron chi connectivity index (χ4n) is 1.31. The van der Waals surface area contributed by atoms with Gasteiger partial charge in [0.25, 0.3) is 0 Å². The van der Waals surface area contributed by atoms with E-state index in [0.717, 1.165) is 6.54 Å². The summed E-state index contributed by atoms with van der Waals surface area (Å²) in [5.74, 6) is 0. The second-order valence-electron chi connectivity index (χ2n) is 3.09. The van der Waals surface area contributed by atoms with E-state index >= 15 is 0 Å². The summed E-state index contributed by atoms with van der Waals surface area (Å²) in [7, 11) is 0. The van der Waals surface area contributed by atoms with E-state index < -0.39 is 0 Å². The molecule has 0 atom stereocenters. The lowest BCUT2D eigenvalue weighted by Gasteiger charge is -2.00. The minimum absolute atomic E-state index is 0.610. The average Bonchev–Trinajstić information content (AvgIpc) is 2.77. The molecule has 2 aromatic rings. The molecule has 4 heteroatoms. The van der Waals surface area contributed by atoms with Crippen molar-refractivity contribution < 1.29 is 0 Å². The molecule has 0 saturated carbocycles. The lowest BCUT2D eigenvalue weighted by Crippen LogP contribution is -1.96. The molecule has 0 aliphatic rings. The van der Waals surface area contributed by atoms with Crippen LogP contribution in [0.1, 0.15) is 10.4 Å². The standard InChI is InChI=1S/C10H11BrN2S/c11-9-2-4-14-10(9)7-13-3-1-8(5-12)6-13/h1-4,6H,5,7,12H2. The van der Waals surface area contributed by atoms with Gasteiger partial charge in [0.15, 0.2) is 0 Å². The predicted octanol–water partition coefficient (Wildman–Crippen LogP) is 2.82. The van der Waals surface area contributed by atoms with Crippen LogP contribution in [0.3, 0.4) is 0 Å². The van der Waals surface area contributed by atoms with Gasteiger partial charge >= 0.3 is 0 Å². The molecule has 0 amide bonds. The Bertz CT molecular complexity index is 419. The van der Waals surface area contributed by atoms with Gasteiger partial charge < -0.3 is 10.3 Å². The van der Waals surface area contributed by atoms with Crippen LogP contribution in [0.2, 0.25) is 0 Å². The van der Waals surface area contributed by atoms with Crippen molar-refractivity contribution in [2.45, 2.75) is 13.1 Å². The van der Waals surface area contributed by atoms with Gasteiger partial charge in [-0.2, -0.15) is 0 Å². The van der Waals surface area contributed by atoms with Gasteiger partial charge in [-0.15, -0.1) is 11.3 Å². The first-order chi connectivity index (χ1) is 6.79. The zero-order chi connectivity index (χ0) is 9.97. The van der Waals surface area contributed by atoms with E-state index in [0.29, 0.717) is 6.54 Å². The van der Waals surface area contributed by atoms with Crippen LogP contribution in [0.15, 0.2) is 34.4 Å². The van der Waals surface area contributed by atoms with Gasteiger partial charge in [0.1, 0.15) is 0 Å². The maximum absolute atomic E-state index is 5.55. The van der Waals surface area contributed by atoms with E-state index in [2.05, 4.69) is 50.4 Å². The van der Waals surface area contributed by atoms with Crippen molar-refractivity contribution in [1.82, 2.24) is 4.57 Å². The Morgan fingerprint density at radius 3 is 2.86 bits per heavy atom. The third kappa shape index (κ3) is 2.08. The number of thiophene rings is 1. The van der Waals surface area contributed by atoms with Gasteiger partial charge in [-0.1, -0.05) is 0 Å². The molecule has 2 rings (SSSR count). The average molecular weight is 271 g/mol. The summed E-state index contributed by atoms with van der Waals surface area (Å²) in [6.45, 7) is 1.52. The van der Waals surface area contributed by atoms with Crippen LogP contribution in [-0.2, 0) is 13.1 Å². The van der Waals surface area contributed by atoms with Gasteiger partial charge in [0.2, 0.25) is 0 Å². The smallest absolute Gasteiger partial charge is 0.0574 e. The Morgan fingerprint density at radius 2 is 2.29 bits per heavy atom. The van der Waals surface area contributed by atoms with Crippen LogP contribution in [0.4, 0.5) is 0 Å². The van der Waals surface area contributed by atoms with E-state index in [1.807, 2.05) is 0 Å². The SMILES string of the molecule is NCc1ccn(Cc2sccc2Br)c1. The first-order valence-electron chi connectivity index (χ1n) is 4.36. The number of rotatable bonds is 3. The van der Waals surface area contributed by atoms with Crippen molar-refractivity contribution in [3.05, 3.63) is 44.8 Å². The number of halogens is 1. The zero-order valence-electron chi connectivity index (χ0n) is 7.61. The van der Waals surface area contributed by atoms with Crippen molar-refractivity contribution >= 4 is 27.3 Å². The van der Waals surface area contributed by atoms with Crippen LogP contribution in [0.25, 0.3) is 0 Å². The summed E-state index contributed by atoms with van der Waals surface area (Å²) in [5.41, 5.74) is 6.72. The van der Waals surface area contributed by atoms with Crippen LogP contribution < -0.4 is 5.73 Å². The highest BCUT2D eigenvalue weighted by Gasteiger charge is 2.02. The maximum Gasteiger partial charge on any atom is 0.0574 e. The molecule has 0 aliphatic carbocycles. The zero-order valence-corrected chi connectivity index (χ0v) is 10.0. The molecule has 14 heavy (non-hydrogen) atoms. The summed E-state index contributed by atoms with van der Waals surface area (Å²) in [6, 6.07) is 4.13. The summed E-state index contributed by atoms with van der Waals surface area (Å²) in [6.07, 6.45) is 4.15. The highest BCUT2D eigenvalue weighted by Crippen LogP contribution is 2.23. The molecule has 0 fully saturated rings. The Labute approximate surface area is 95.5 Å². The van der Waals surface area contributed by atoms with Crippen LogP contribution >= 0.6 is 27.3 Å². The third-order valence-electron chi connectivity index (χ3n) is 2.06. The second kappa shape index (κ2) is 4.29. The van der Waals surface area contributed by atoms with E-state index in [9.17, 15) is 0 Å². The minimum atomic E-state index is 0.610. The molecule has 74 valence electrons. The molecule has 0 bridgehead atoms. The summed E-state index contributed by atoms with van der Waals surface area (Å²) in [5, 5.41) is 2.09. The molecular formula is C10H11BrN2S. The van der Waals surface area contributed by atoms with E-state index in [-0.39, 0.29) is 0 Å². The van der Waals surface area contributed by atoms with E-state index in [1.165, 1.54) is 14.9 Å². The summed E-state index contributed by atoms with van der Waals surface area (Å²) in [4.78, 5) is 1.34. The highest BCUT2D eigenvalue weighted by molar-refractivity contribution is 9.10. The minimum Gasteiger partial charge on any atom is -0.349 e. The molecule has 0 aliphatic heterocycles.